The maximum atomic E-state index is 6.00. The van der Waals surface area contributed by atoms with Gasteiger partial charge in [-0.05, 0) is 24.2 Å². The number of hydrogen-bond acceptors (Lipinski definition) is 4. The fourth-order valence-corrected chi connectivity index (χ4v) is 2.83. The van der Waals surface area contributed by atoms with Crippen molar-refractivity contribution in [3.8, 4) is 0 Å². The van der Waals surface area contributed by atoms with E-state index in [-0.39, 0.29) is 0 Å². The lowest BCUT2D eigenvalue weighted by molar-refractivity contribution is 0.734. The summed E-state index contributed by atoms with van der Waals surface area (Å²) in [6, 6.07) is 7.94. The molecule has 0 spiro atoms. The second kappa shape index (κ2) is 6.89. The Morgan fingerprint density at radius 3 is 3.00 bits per heavy atom. The third-order valence-electron chi connectivity index (χ3n) is 2.73. The molecule has 0 aliphatic heterocycles. The van der Waals surface area contributed by atoms with Gasteiger partial charge in [-0.3, -0.25) is 0 Å². The van der Waals surface area contributed by atoms with Crippen molar-refractivity contribution >= 4 is 28.1 Å². The number of anilines is 1. The van der Waals surface area contributed by atoms with Crippen molar-refractivity contribution in [2.75, 3.05) is 18.5 Å². The zero-order valence-corrected chi connectivity index (χ0v) is 12.8. The van der Waals surface area contributed by atoms with E-state index < -0.39 is 0 Å². The van der Waals surface area contributed by atoms with Crippen LogP contribution in [0.3, 0.4) is 0 Å². The van der Waals surface area contributed by atoms with Crippen LogP contribution >= 0.6 is 22.9 Å². The molecule has 102 valence electrons. The van der Waals surface area contributed by atoms with Gasteiger partial charge in [-0.15, -0.1) is 11.3 Å². The summed E-state index contributed by atoms with van der Waals surface area (Å²) in [6.45, 7) is 4.78. The van der Waals surface area contributed by atoms with Gasteiger partial charge in [0.05, 0.1) is 0 Å². The Labute approximate surface area is 123 Å². The summed E-state index contributed by atoms with van der Waals surface area (Å²) >= 11 is 7.72. The number of aromatic nitrogens is 1. The minimum Gasteiger partial charge on any atom is -0.347 e. The van der Waals surface area contributed by atoms with Crippen LogP contribution in [0.2, 0.25) is 5.02 Å². The zero-order valence-electron chi connectivity index (χ0n) is 11.2. The number of benzene rings is 1. The molecule has 0 saturated heterocycles. The first-order valence-electron chi connectivity index (χ1n) is 6.30. The van der Waals surface area contributed by atoms with Crippen LogP contribution in [0.15, 0.2) is 30.5 Å². The number of thiazole rings is 1. The Morgan fingerprint density at radius 2 is 2.26 bits per heavy atom. The lowest BCUT2D eigenvalue weighted by atomic mass is 10.2. The monoisotopic (exact) mass is 295 g/mol. The highest BCUT2D eigenvalue weighted by atomic mass is 35.5. The molecule has 0 radical (unpaired) electrons. The largest absolute Gasteiger partial charge is 0.347 e. The fraction of sp³-hybridized carbons (Fsp3) is 0.357. The molecule has 0 atom stereocenters. The van der Waals surface area contributed by atoms with E-state index in [0.717, 1.165) is 29.8 Å². The van der Waals surface area contributed by atoms with Crippen LogP contribution in [-0.2, 0) is 13.1 Å². The molecule has 5 heteroatoms. The number of halogens is 1. The molecule has 3 nitrogen and oxygen atoms in total. The van der Waals surface area contributed by atoms with Crippen molar-refractivity contribution in [3.05, 3.63) is 45.9 Å². The lowest BCUT2D eigenvalue weighted by Crippen LogP contribution is -2.15. The second-order valence-electron chi connectivity index (χ2n) is 4.38. The first-order chi connectivity index (χ1) is 9.19. The number of hydrogen-bond donors (Lipinski definition) is 1. The van der Waals surface area contributed by atoms with Crippen molar-refractivity contribution < 1.29 is 0 Å². The van der Waals surface area contributed by atoms with Crippen LogP contribution in [0, 0.1) is 0 Å². The Hall–Kier alpha value is -1.10. The van der Waals surface area contributed by atoms with Crippen molar-refractivity contribution in [2.24, 2.45) is 0 Å². The quantitative estimate of drug-likeness (QED) is 0.883. The van der Waals surface area contributed by atoms with Crippen LogP contribution in [0.1, 0.15) is 17.4 Å². The third kappa shape index (κ3) is 4.20. The first kappa shape index (κ1) is 14.3. The number of nitrogens with zero attached hydrogens (tertiary/aromatic N) is 2. The van der Waals surface area contributed by atoms with Gasteiger partial charge in [0, 0.05) is 36.2 Å². The van der Waals surface area contributed by atoms with E-state index in [1.807, 2.05) is 24.4 Å². The summed E-state index contributed by atoms with van der Waals surface area (Å²) in [5.74, 6) is 0. The highest BCUT2D eigenvalue weighted by molar-refractivity contribution is 7.15. The Bertz CT molecular complexity index is 527. The molecule has 0 saturated carbocycles. The van der Waals surface area contributed by atoms with Gasteiger partial charge < -0.3 is 10.2 Å². The lowest BCUT2D eigenvalue weighted by Gasteiger charge is -2.15. The standard InChI is InChI=1S/C14H18ClN3S/c1-3-16-8-13-9-17-14(19-13)18(2)10-11-5-4-6-12(15)7-11/h4-7,9,16H,3,8,10H2,1-2H3. The summed E-state index contributed by atoms with van der Waals surface area (Å²) in [7, 11) is 2.05. The van der Waals surface area contributed by atoms with E-state index in [4.69, 9.17) is 11.6 Å². The summed E-state index contributed by atoms with van der Waals surface area (Å²) in [5.41, 5.74) is 1.19. The molecule has 1 aromatic carbocycles. The van der Waals surface area contributed by atoms with Gasteiger partial charge >= 0.3 is 0 Å². The summed E-state index contributed by atoms with van der Waals surface area (Å²) in [5, 5.41) is 5.12. The van der Waals surface area contributed by atoms with E-state index in [1.165, 1.54) is 10.4 Å². The van der Waals surface area contributed by atoms with Gasteiger partial charge in [-0.2, -0.15) is 0 Å². The first-order valence-corrected chi connectivity index (χ1v) is 7.49. The van der Waals surface area contributed by atoms with Crippen molar-refractivity contribution in [3.63, 3.8) is 0 Å². The second-order valence-corrected chi connectivity index (χ2v) is 5.91. The van der Waals surface area contributed by atoms with E-state index >= 15 is 0 Å². The van der Waals surface area contributed by atoms with E-state index in [1.54, 1.807) is 11.3 Å². The number of rotatable bonds is 6. The molecule has 0 unspecified atom stereocenters. The van der Waals surface area contributed by atoms with Crippen molar-refractivity contribution in [1.82, 2.24) is 10.3 Å². The average molecular weight is 296 g/mol. The molecule has 2 aromatic rings. The fourth-order valence-electron chi connectivity index (χ4n) is 1.78. The molecule has 1 heterocycles. The maximum absolute atomic E-state index is 6.00. The Kier molecular flexibility index (Phi) is 5.19. The van der Waals surface area contributed by atoms with Crippen LogP contribution in [-0.4, -0.2) is 18.6 Å². The average Bonchev–Trinajstić information content (AvgIpc) is 2.85. The molecule has 0 aliphatic carbocycles. The van der Waals surface area contributed by atoms with Crippen LogP contribution in [0.25, 0.3) is 0 Å². The maximum Gasteiger partial charge on any atom is 0.185 e. The molecule has 2 rings (SSSR count). The van der Waals surface area contributed by atoms with Gasteiger partial charge in [0.25, 0.3) is 0 Å². The van der Waals surface area contributed by atoms with E-state index in [9.17, 15) is 0 Å². The van der Waals surface area contributed by atoms with Crippen LogP contribution < -0.4 is 10.2 Å². The molecule has 0 bridgehead atoms. The van der Waals surface area contributed by atoms with Gasteiger partial charge in [-0.25, -0.2) is 4.98 Å². The van der Waals surface area contributed by atoms with Crippen LogP contribution in [0.5, 0.6) is 0 Å². The van der Waals surface area contributed by atoms with Crippen LogP contribution in [0.4, 0.5) is 5.13 Å². The van der Waals surface area contributed by atoms with Gasteiger partial charge in [0.1, 0.15) is 0 Å². The zero-order chi connectivity index (χ0) is 13.7. The summed E-state index contributed by atoms with van der Waals surface area (Å²) < 4.78 is 0. The van der Waals surface area contributed by atoms with Crippen molar-refractivity contribution in [2.45, 2.75) is 20.0 Å². The van der Waals surface area contributed by atoms with Gasteiger partial charge in [0.2, 0.25) is 0 Å². The molecule has 0 amide bonds. The Balaban J connectivity index is 1.99. The van der Waals surface area contributed by atoms with Gasteiger partial charge in [0.15, 0.2) is 5.13 Å². The molecule has 0 aliphatic rings. The molecular formula is C14H18ClN3S. The topological polar surface area (TPSA) is 28.2 Å². The summed E-state index contributed by atoms with van der Waals surface area (Å²) in [4.78, 5) is 7.86. The normalized spacial score (nSPS) is 10.7. The summed E-state index contributed by atoms with van der Waals surface area (Å²) in [6.07, 6.45) is 1.94. The predicted molar refractivity (Wildman–Crippen MR) is 83.1 cm³/mol. The van der Waals surface area contributed by atoms with Crippen molar-refractivity contribution in [1.29, 1.82) is 0 Å². The molecule has 19 heavy (non-hydrogen) atoms. The minimum absolute atomic E-state index is 0.776. The Morgan fingerprint density at radius 1 is 1.42 bits per heavy atom. The molecular weight excluding hydrogens is 278 g/mol. The van der Waals surface area contributed by atoms with E-state index in [0.29, 0.717) is 0 Å². The highest BCUT2D eigenvalue weighted by Gasteiger charge is 2.07. The predicted octanol–water partition coefficient (Wildman–Crippen LogP) is 3.54. The smallest absolute Gasteiger partial charge is 0.185 e. The number of nitrogens with one attached hydrogen (secondary N) is 1. The van der Waals surface area contributed by atoms with E-state index in [2.05, 4.69) is 35.2 Å². The molecule has 1 N–H and O–H groups in total. The molecule has 0 fully saturated rings. The SMILES string of the molecule is CCNCc1cnc(N(C)Cc2cccc(Cl)c2)s1. The molecule has 1 aromatic heterocycles. The third-order valence-corrected chi connectivity index (χ3v) is 4.07. The van der Waals surface area contributed by atoms with Gasteiger partial charge in [-0.1, -0.05) is 30.7 Å². The minimum atomic E-state index is 0.776. The highest BCUT2D eigenvalue weighted by Crippen LogP contribution is 2.23.